The number of hydrogen-bond acceptors (Lipinski definition) is 3. The second kappa shape index (κ2) is 6.53. The van der Waals surface area contributed by atoms with Crippen molar-refractivity contribution in [2.45, 2.75) is 18.8 Å². The molecule has 1 N–H and O–H groups in total. The quantitative estimate of drug-likeness (QED) is 0.926. The Morgan fingerprint density at radius 1 is 1.13 bits per heavy atom. The minimum atomic E-state index is -0.00810. The van der Waals surface area contributed by atoms with Gasteiger partial charge in [-0.15, -0.1) is 0 Å². The second-order valence-electron chi connectivity index (χ2n) is 5.85. The van der Waals surface area contributed by atoms with Crippen molar-refractivity contribution in [2.75, 3.05) is 13.1 Å². The fourth-order valence-electron chi connectivity index (χ4n) is 3.07. The van der Waals surface area contributed by atoms with Crippen LogP contribution >= 0.6 is 0 Å². The third kappa shape index (κ3) is 3.35. The van der Waals surface area contributed by atoms with E-state index in [9.17, 15) is 9.90 Å². The third-order valence-electron chi connectivity index (χ3n) is 4.39. The van der Waals surface area contributed by atoms with Crippen molar-refractivity contribution in [1.29, 1.82) is 5.26 Å². The first-order chi connectivity index (χ1) is 11.2. The predicted octanol–water partition coefficient (Wildman–Crippen LogP) is 3.28. The van der Waals surface area contributed by atoms with E-state index < -0.39 is 0 Å². The van der Waals surface area contributed by atoms with Crippen LogP contribution in [0.5, 0.6) is 5.75 Å². The molecule has 0 spiro atoms. The highest BCUT2D eigenvalue weighted by atomic mass is 16.3. The summed E-state index contributed by atoms with van der Waals surface area (Å²) in [6, 6.07) is 16.2. The number of benzene rings is 2. The van der Waals surface area contributed by atoms with Crippen LogP contribution < -0.4 is 0 Å². The van der Waals surface area contributed by atoms with Gasteiger partial charge in [0.25, 0.3) is 5.91 Å². The van der Waals surface area contributed by atoms with Crippen molar-refractivity contribution in [3.63, 3.8) is 0 Å². The Hall–Kier alpha value is -2.80. The van der Waals surface area contributed by atoms with E-state index in [0.29, 0.717) is 30.1 Å². The van der Waals surface area contributed by atoms with E-state index in [0.717, 1.165) is 12.8 Å². The number of carbonyl (C=O) groups is 1. The Morgan fingerprint density at radius 3 is 2.48 bits per heavy atom. The first-order valence-electron chi connectivity index (χ1n) is 7.76. The Labute approximate surface area is 135 Å². The number of amides is 1. The van der Waals surface area contributed by atoms with E-state index in [2.05, 4.69) is 6.07 Å². The first-order valence-corrected chi connectivity index (χ1v) is 7.76. The first kappa shape index (κ1) is 15.1. The molecule has 0 saturated carbocycles. The molecule has 4 heteroatoms. The van der Waals surface area contributed by atoms with Crippen LogP contribution in [0.25, 0.3) is 0 Å². The topological polar surface area (TPSA) is 64.3 Å². The van der Waals surface area contributed by atoms with Crippen molar-refractivity contribution in [3.8, 4) is 11.8 Å². The number of hydrogen-bond donors (Lipinski definition) is 1. The van der Waals surface area contributed by atoms with Crippen LogP contribution in [-0.2, 0) is 0 Å². The summed E-state index contributed by atoms with van der Waals surface area (Å²) in [4.78, 5) is 14.4. The maximum Gasteiger partial charge on any atom is 0.253 e. The van der Waals surface area contributed by atoms with E-state index in [1.54, 1.807) is 36.4 Å². The molecule has 0 unspecified atom stereocenters. The molecule has 1 fully saturated rings. The lowest BCUT2D eigenvalue weighted by molar-refractivity contribution is 0.0713. The van der Waals surface area contributed by atoms with Crippen molar-refractivity contribution in [2.24, 2.45) is 0 Å². The molecule has 1 aliphatic heterocycles. The van der Waals surface area contributed by atoms with Gasteiger partial charge in [0.2, 0.25) is 0 Å². The molecule has 0 aromatic heterocycles. The highest BCUT2D eigenvalue weighted by Gasteiger charge is 2.24. The maximum absolute atomic E-state index is 12.5. The average molecular weight is 306 g/mol. The van der Waals surface area contributed by atoms with E-state index in [-0.39, 0.29) is 11.7 Å². The summed E-state index contributed by atoms with van der Waals surface area (Å²) in [5, 5.41) is 18.3. The largest absolute Gasteiger partial charge is 0.508 e. The molecule has 4 nitrogen and oxygen atoms in total. The van der Waals surface area contributed by atoms with Gasteiger partial charge >= 0.3 is 0 Å². The SMILES string of the molecule is N#Cc1cccc(C(=O)N2CCC(c3ccc(O)cc3)CC2)c1. The maximum atomic E-state index is 12.5. The number of piperidine rings is 1. The molecule has 2 aromatic rings. The number of nitriles is 1. The lowest BCUT2D eigenvalue weighted by Crippen LogP contribution is -2.37. The molecule has 1 amide bonds. The Balaban J connectivity index is 1.65. The lowest BCUT2D eigenvalue weighted by atomic mass is 9.89. The summed E-state index contributed by atoms with van der Waals surface area (Å²) in [6.45, 7) is 1.42. The highest BCUT2D eigenvalue weighted by Crippen LogP contribution is 2.29. The van der Waals surface area contributed by atoms with Crippen LogP contribution in [-0.4, -0.2) is 29.0 Å². The predicted molar refractivity (Wildman–Crippen MR) is 87.1 cm³/mol. The van der Waals surface area contributed by atoms with Crippen molar-refractivity contribution in [1.82, 2.24) is 4.90 Å². The molecule has 0 atom stereocenters. The standard InChI is InChI=1S/C19H18N2O2/c20-13-14-2-1-3-17(12-14)19(23)21-10-8-16(9-11-21)15-4-6-18(22)7-5-15/h1-7,12,16,22H,8-11H2. The Bertz CT molecular complexity index is 739. The molecular weight excluding hydrogens is 288 g/mol. The van der Waals surface area contributed by atoms with Gasteiger partial charge in [-0.05, 0) is 54.7 Å². The van der Waals surface area contributed by atoms with E-state index in [4.69, 9.17) is 5.26 Å². The van der Waals surface area contributed by atoms with Crippen molar-refractivity contribution < 1.29 is 9.90 Å². The number of phenolic OH excluding ortho intramolecular Hbond substituents is 1. The van der Waals surface area contributed by atoms with Gasteiger partial charge in [-0.1, -0.05) is 18.2 Å². The number of nitrogens with zero attached hydrogens (tertiary/aromatic N) is 2. The molecule has 0 bridgehead atoms. The zero-order valence-corrected chi connectivity index (χ0v) is 12.8. The van der Waals surface area contributed by atoms with Crippen LogP contribution in [0.1, 0.15) is 40.2 Å². The van der Waals surface area contributed by atoms with Gasteiger partial charge in [0.15, 0.2) is 0 Å². The Morgan fingerprint density at radius 2 is 1.83 bits per heavy atom. The third-order valence-corrected chi connectivity index (χ3v) is 4.39. The molecule has 0 aliphatic carbocycles. The summed E-state index contributed by atoms with van der Waals surface area (Å²) in [5.41, 5.74) is 2.29. The fourth-order valence-corrected chi connectivity index (χ4v) is 3.07. The second-order valence-corrected chi connectivity index (χ2v) is 5.85. The molecule has 3 rings (SSSR count). The van der Waals surface area contributed by atoms with Gasteiger partial charge in [0.1, 0.15) is 5.75 Å². The van der Waals surface area contributed by atoms with Crippen molar-refractivity contribution >= 4 is 5.91 Å². The fraction of sp³-hybridized carbons (Fsp3) is 0.263. The average Bonchev–Trinajstić information content (AvgIpc) is 2.62. The minimum Gasteiger partial charge on any atom is -0.508 e. The summed E-state index contributed by atoms with van der Waals surface area (Å²) in [5.74, 6) is 0.690. The molecule has 2 aromatic carbocycles. The molecule has 1 saturated heterocycles. The summed E-state index contributed by atoms with van der Waals surface area (Å²) >= 11 is 0. The van der Waals surface area contributed by atoms with E-state index in [1.807, 2.05) is 17.0 Å². The summed E-state index contributed by atoms with van der Waals surface area (Å²) in [7, 11) is 0. The number of phenols is 1. The van der Waals surface area contributed by atoms with Crippen molar-refractivity contribution in [3.05, 3.63) is 65.2 Å². The van der Waals surface area contributed by atoms with E-state index in [1.165, 1.54) is 5.56 Å². The zero-order chi connectivity index (χ0) is 16.2. The van der Waals surface area contributed by atoms with Gasteiger partial charge < -0.3 is 10.0 Å². The van der Waals surface area contributed by atoms with Gasteiger partial charge in [-0.2, -0.15) is 5.26 Å². The number of aromatic hydroxyl groups is 1. The molecule has 1 aliphatic rings. The minimum absolute atomic E-state index is 0.00810. The molecule has 0 radical (unpaired) electrons. The van der Waals surface area contributed by atoms with E-state index >= 15 is 0 Å². The number of carbonyl (C=O) groups excluding carboxylic acids is 1. The van der Waals surface area contributed by atoms with Gasteiger partial charge in [0, 0.05) is 18.7 Å². The van der Waals surface area contributed by atoms with Crippen LogP contribution in [0.4, 0.5) is 0 Å². The van der Waals surface area contributed by atoms with Gasteiger partial charge in [-0.25, -0.2) is 0 Å². The normalized spacial score (nSPS) is 15.2. The van der Waals surface area contributed by atoms with Gasteiger partial charge in [-0.3, -0.25) is 4.79 Å². The van der Waals surface area contributed by atoms with Crippen LogP contribution in [0.2, 0.25) is 0 Å². The zero-order valence-electron chi connectivity index (χ0n) is 12.8. The molecule has 1 heterocycles. The number of likely N-dealkylation sites (tertiary alicyclic amines) is 1. The molecular formula is C19H18N2O2. The Kier molecular flexibility index (Phi) is 4.29. The lowest BCUT2D eigenvalue weighted by Gasteiger charge is -2.32. The summed E-state index contributed by atoms with van der Waals surface area (Å²) in [6.07, 6.45) is 1.82. The highest BCUT2D eigenvalue weighted by molar-refractivity contribution is 5.94. The number of rotatable bonds is 2. The van der Waals surface area contributed by atoms with Crippen LogP contribution in [0, 0.1) is 11.3 Å². The monoisotopic (exact) mass is 306 g/mol. The summed E-state index contributed by atoms with van der Waals surface area (Å²) < 4.78 is 0. The molecule has 23 heavy (non-hydrogen) atoms. The smallest absolute Gasteiger partial charge is 0.253 e. The van der Waals surface area contributed by atoms with Crippen LogP contribution in [0.15, 0.2) is 48.5 Å². The van der Waals surface area contributed by atoms with Crippen LogP contribution in [0.3, 0.4) is 0 Å². The molecule has 116 valence electrons. The van der Waals surface area contributed by atoms with Gasteiger partial charge in [0.05, 0.1) is 11.6 Å².